The van der Waals surface area contributed by atoms with Crippen LogP contribution < -0.4 is 10.1 Å². The van der Waals surface area contributed by atoms with Gasteiger partial charge in [0.05, 0.1) is 23.1 Å². The van der Waals surface area contributed by atoms with Crippen molar-refractivity contribution in [3.05, 3.63) is 77.6 Å². The molecule has 0 bridgehead atoms. The van der Waals surface area contributed by atoms with Crippen molar-refractivity contribution in [3.8, 4) is 11.4 Å². The fourth-order valence-electron chi connectivity index (χ4n) is 2.83. The van der Waals surface area contributed by atoms with Crippen molar-refractivity contribution in [2.24, 2.45) is 0 Å². The van der Waals surface area contributed by atoms with Crippen molar-refractivity contribution in [1.29, 1.82) is 0 Å². The molecule has 3 aromatic rings. The molecule has 0 spiro atoms. The highest BCUT2D eigenvalue weighted by atomic mass is 19.3. The smallest absolute Gasteiger partial charge is 0.387 e. The number of benzene rings is 2. The summed E-state index contributed by atoms with van der Waals surface area (Å²) in [4.78, 5) is 12.6. The largest absolute Gasteiger partial charge is 0.434 e. The number of alkyl halides is 2. The Hall–Kier alpha value is -3.22. The lowest BCUT2D eigenvalue weighted by Crippen LogP contribution is -2.24. The topological polar surface area (TPSA) is 56.1 Å². The second kappa shape index (κ2) is 8.44. The molecule has 1 heterocycles. The summed E-state index contributed by atoms with van der Waals surface area (Å²) in [5, 5.41) is 7.07. The number of rotatable bonds is 7. The van der Waals surface area contributed by atoms with Crippen molar-refractivity contribution in [2.45, 2.75) is 26.5 Å². The summed E-state index contributed by atoms with van der Waals surface area (Å²) in [6.45, 7) is -0.905. The number of aromatic nitrogens is 2. The third-order valence-electron chi connectivity index (χ3n) is 4.08. The van der Waals surface area contributed by atoms with E-state index in [4.69, 9.17) is 0 Å². The minimum Gasteiger partial charge on any atom is -0.434 e. The number of halogens is 2. The number of ether oxygens (including phenoxy) is 1. The van der Waals surface area contributed by atoms with Crippen molar-refractivity contribution < 1.29 is 18.3 Å². The SMILES string of the molecule is CCc1c(C(=O)NCc2ccccc2OC(F)F)cnn1-c1ccccc1. The molecule has 1 aromatic heterocycles. The minimum absolute atomic E-state index is 0.0449. The molecule has 0 saturated carbocycles. The van der Waals surface area contributed by atoms with Gasteiger partial charge in [-0.15, -0.1) is 0 Å². The van der Waals surface area contributed by atoms with Crippen LogP contribution in [0.1, 0.15) is 28.5 Å². The Morgan fingerprint density at radius 2 is 1.85 bits per heavy atom. The third-order valence-corrected chi connectivity index (χ3v) is 4.08. The molecule has 0 aliphatic rings. The molecule has 0 unspecified atom stereocenters. The number of carbonyl (C=O) groups excluding carboxylic acids is 1. The highest BCUT2D eigenvalue weighted by molar-refractivity contribution is 5.95. The Kier molecular flexibility index (Phi) is 5.80. The van der Waals surface area contributed by atoms with Gasteiger partial charge in [-0.05, 0) is 24.6 Å². The van der Waals surface area contributed by atoms with E-state index in [9.17, 15) is 13.6 Å². The monoisotopic (exact) mass is 371 g/mol. The predicted molar refractivity (Wildman–Crippen MR) is 97.2 cm³/mol. The molecule has 140 valence electrons. The lowest BCUT2D eigenvalue weighted by Gasteiger charge is -2.12. The Balaban J connectivity index is 1.77. The molecule has 0 aliphatic carbocycles. The van der Waals surface area contributed by atoms with E-state index in [1.165, 1.54) is 12.3 Å². The summed E-state index contributed by atoms with van der Waals surface area (Å²) in [5.41, 5.74) is 2.56. The molecule has 7 heteroatoms. The molecule has 1 N–H and O–H groups in total. The Morgan fingerprint density at radius 3 is 2.56 bits per heavy atom. The van der Waals surface area contributed by atoms with Gasteiger partial charge in [0.1, 0.15) is 5.75 Å². The van der Waals surface area contributed by atoms with Gasteiger partial charge in [-0.3, -0.25) is 4.79 Å². The molecule has 0 fully saturated rings. The fourth-order valence-corrected chi connectivity index (χ4v) is 2.83. The number of carbonyl (C=O) groups is 1. The average molecular weight is 371 g/mol. The van der Waals surface area contributed by atoms with Crippen LogP contribution in [0.25, 0.3) is 5.69 Å². The van der Waals surface area contributed by atoms with E-state index >= 15 is 0 Å². The van der Waals surface area contributed by atoms with E-state index in [1.807, 2.05) is 37.3 Å². The van der Waals surface area contributed by atoms with Crippen LogP contribution in [-0.2, 0) is 13.0 Å². The Labute approximate surface area is 155 Å². The van der Waals surface area contributed by atoms with Gasteiger partial charge in [0.2, 0.25) is 0 Å². The lowest BCUT2D eigenvalue weighted by molar-refractivity contribution is -0.0504. The number of nitrogens with zero attached hydrogens (tertiary/aromatic N) is 2. The van der Waals surface area contributed by atoms with Crippen LogP contribution in [0.15, 0.2) is 60.8 Å². The second-order valence-electron chi connectivity index (χ2n) is 5.77. The van der Waals surface area contributed by atoms with Gasteiger partial charge in [-0.2, -0.15) is 13.9 Å². The first-order valence-corrected chi connectivity index (χ1v) is 8.53. The Bertz CT molecular complexity index is 911. The average Bonchev–Trinajstić information content (AvgIpc) is 3.11. The molecule has 5 nitrogen and oxygen atoms in total. The first-order valence-electron chi connectivity index (χ1n) is 8.53. The summed E-state index contributed by atoms with van der Waals surface area (Å²) in [5.74, 6) is -0.274. The van der Waals surface area contributed by atoms with E-state index in [2.05, 4.69) is 15.2 Å². The molecule has 0 radical (unpaired) electrons. The van der Waals surface area contributed by atoms with Gasteiger partial charge >= 0.3 is 6.61 Å². The zero-order valence-corrected chi connectivity index (χ0v) is 14.7. The van der Waals surface area contributed by atoms with Crippen molar-refractivity contribution in [1.82, 2.24) is 15.1 Å². The molecule has 0 atom stereocenters. The number of para-hydroxylation sites is 2. The van der Waals surface area contributed by atoms with Crippen LogP contribution in [0.4, 0.5) is 8.78 Å². The molecular formula is C20H19F2N3O2. The maximum atomic E-state index is 12.6. The predicted octanol–water partition coefficient (Wildman–Crippen LogP) is 3.97. The van der Waals surface area contributed by atoms with Gasteiger partial charge in [-0.25, -0.2) is 4.68 Å². The van der Waals surface area contributed by atoms with Crippen LogP contribution in [0, 0.1) is 0 Å². The van der Waals surface area contributed by atoms with Crippen molar-refractivity contribution in [2.75, 3.05) is 0 Å². The normalized spacial score (nSPS) is 10.8. The van der Waals surface area contributed by atoms with Gasteiger partial charge in [0.25, 0.3) is 5.91 Å². The molecule has 3 rings (SSSR count). The molecule has 0 aliphatic heterocycles. The molecule has 2 aromatic carbocycles. The number of amides is 1. The summed E-state index contributed by atoms with van der Waals surface area (Å²) in [7, 11) is 0. The lowest BCUT2D eigenvalue weighted by atomic mass is 10.1. The second-order valence-corrected chi connectivity index (χ2v) is 5.77. The van der Waals surface area contributed by atoms with E-state index in [0.717, 1.165) is 11.4 Å². The first-order chi connectivity index (χ1) is 13.1. The standard InChI is InChI=1S/C20H19F2N3O2/c1-2-17-16(13-24-25(17)15-9-4-3-5-10-15)19(26)23-12-14-8-6-7-11-18(14)27-20(21)22/h3-11,13,20H,2,12H2,1H3,(H,23,26). The van der Waals surface area contributed by atoms with Crippen molar-refractivity contribution in [3.63, 3.8) is 0 Å². The summed E-state index contributed by atoms with van der Waals surface area (Å²) < 4.78 is 31.2. The van der Waals surface area contributed by atoms with E-state index in [1.54, 1.807) is 22.9 Å². The summed E-state index contributed by atoms with van der Waals surface area (Å²) in [6, 6.07) is 15.9. The zero-order valence-electron chi connectivity index (χ0n) is 14.7. The van der Waals surface area contributed by atoms with E-state index in [0.29, 0.717) is 17.5 Å². The van der Waals surface area contributed by atoms with Crippen LogP contribution in [0.2, 0.25) is 0 Å². The van der Waals surface area contributed by atoms with E-state index in [-0.39, 0.29) is 18.2 Å². The third kappa shape index (κ3) is 4.31. The number of hydrogen-bond donors (Lipinski definition) is 1. The maximum Gasteiger partial charge on any atom is 0.387 e. The molecular weight excluding hydrogens is 352 g/mol. The van der Waals surface area contributed by atoms with Crippen LogP contribution >= 0.6 is 0 Å². The first kappa shape index (κ1) is 18.6. The minimum atomic E-state index is -2.92. The summed E-state index contributed by atoms with van der Waals surface area (Å²) in [6.07, 6.45) is 2.13. The van der Waals surface area contributed by atoms with Crippen LogP contribution in [-0.4, -0.2) is 22.3 Å². The summed E-state index contributed by atoms with van der Waals surface area (Å²) >= 11 is 0. The number of nitrogens with one attached hydrogen (secondary N) is 1. The maximum absolute atomic E-state index is 12.6. The van der Waals surface area contributed by atoms with E-state index < -0.39 is 6.61 Å². The molecule has 27 heavy (non-hydrogen) atoms. The fraction of sp³-hybridized carbons (Fsp3) is 0.200. The number of hydrogen-bond acceptors (Lipinski definition) is 3. The quantitative estimate of drug-likeness (QED) is 0.684. The van der Waals surface area contributed by atoms with Crippen molar-refractivity contribution >= 4 is 5.91 Å². The van der Waals surface area contributed by atoms with Gasteiger partial charge in [0.15, 0.2) is 0 Å². The molecule has 0 saturated heterocycles. The van der Waals surface area contributed by atoms with Crippen LogP contribution in [0.5, 0.6) is 5.75 Å². The van der Waals surface area contributed by atoms with Gasteiger partial charge in [0, 0.05) is 12.1 Å². The van der Waals surface area contributed by atoms with Crippen LogP contribution in [0.3, 0.4) is 0 Å². The Morgan fingerprint density at radius 1 is 1.15 bits per heavy atom. The van der Waals surface area contributed by atoms with Gasteiger partial charge in [-0.1, -0.05) is 43.3 Å². The highest BCUT2D eigenvalue weighted by Crippen LogP contribution is 2.21. The molecule has 1 amide bonds. The zero-order chi connectivity index (χ0) is 19.2. The highest BCUT2D eigenvalue weighted by Gasteiger charge is 2.17. The van der Waals surface area contributed by atoms with Gasteiger partial charge < -0.3 is 10.1 Å².